The first-order valence-corrected chi connectivity index (χ1v) is 10.5. The molecule has 29 heavy (non-hydrogen) atoms. The molecule has 0 fully saturated rings. The minimum Gasteiger partial charge on any atom is -0.487 e. The molecule has 1 atom stereocenters. The van der Waals surface area contributed by atoms with Gasteiger partial charge in [0.2, 0.25) is 5.91 Å². The molecule has 1 aliphatic heterocycles. The van der Waals surface area contributed by atoms with E-state index in [4.69, 9.17) is 16.3 Å². The van der Waals surface area contributed by atoms with E-state index in [1.54, 1.807) is 0 Å². The molecule has 1 aliphatic rings. The van der Waals surface area contributed by atoms with Gasteiger partial charge in [0, 0.05) is 6.92 Å². The van der Waals surface area contributed by atoms with E-state index in [0.717, 1.165) is 0 Å². The first kappa shape index (κ1) is 20.9. The van der Waals surface area contributed by atoms with Gasteiger partial charge in [-0.15, -0.1) is 0 Å². The molecule has 1 heterocycles. The Hall–Kier alpha value is -2.78. The maximum Gasteiger partial charge on any atom is 0.337 e. The molecule has 0 aromatic heterocycles. The zero-order valence-corrected chi connectivity index (χ0v) is 17.5. The summed E-state index contributed by atoms with van der Waals surface area (Å²) in [7, 11) is -2.84. The van der Waals surface area contributed by atoms with Crippen molar-refractivity contribution < 1.29 is 27.5 Å². The van der Waals surface area contributed by atoms with E-state index in [1.807, 2.05) is 6.92 Å². The lowest BCUT2D eigenvalue weighted by Gasteiger charge is -2.33. The van der Waals surface area contributed by atoms with Gasteiger partial charge >= 0.3 is 5.97 Å². The van der Waals surface area contributed by atoms with Crippen LogP contribution in [0.4, 0.5) is 11.4 Å². The first-order valence-electron chi connectivity index (χ1n) is 8.62. The maximum atomic E-state index is 12.9. The van der Waals surface area contributed by atoms with E-state index >= 15 is 0 Å². The average Bonchev–Trinajstić information content (AvgIpc) is 2.67. The minimum absolute atomic E-state index is 0.0283. The monoisotopic (exact) mass is 438 g/mol. The Bertz CT molecular complexity index is 1090. The molecule has 8 nitrogen and oxygen atoms in total. The third kappa shape index (κ3) is 4.30. The molecule has 154 valence electrons. The minimum atomic E-state index is -4.06. The van der Waals surface area contributed by atoms with Gasteiger partial charge in [-0.1, -0.05) is 11.6 Å². The van der Waals surface area contributed by atoms with Crippen LogP contribution < -0.4 is 14.4 Å². The number of esters is 1. The van der Waals surface area contributed by atoms with E-state index in [2.05, 4.69) is 9.46 Å². The number of anilines is 2. The number of nitrogens with zero attached hydrogens (tertiary/aromatic N) is 1. The highest BCUT2D eigenvalue weighted by Crippen LogP contribution is 2.36. The molecular formula is C19H19ClN2O6S. The van der Waals surface area contributed by atoms with Gasteiger partial charge in [-0.3, -0.25) is 9.52 Å². The number of ether oxygens (including phenoxy) is 2. The number of carbonyl (C=O) groups is 2. The molecule has 1 amide bonds. The molecule has 3 rings (SSSR count). The van der Waals surface area contributed by atoms with E-state index in [0.29, 0.717) is 18.0 Å². The van der Waals surface area contributed by atoms with Crippen LogP contribution in [0.5, 0.6) is 5.75 Å². The number of nitrogens with one attached hydrogen (secondary N) is 1. The highest BCUT2D eigenvalue weighted by atomic mass is 35.5. The number of methoxy groups -OCH3 is 1. The fourth-order valence-corrected chi connectivity index (χ4v) is 4.25. The van der Waals surface area contributed by atoms with Gasteiger partial charge in [0.25, 0.3) is 10.0 Å². The Labute approximate surface area is 173 Å². The Balaban J connectivity index is 1.98. The quantitative estimate of drug-likeness (QED) is 0.736. The van der Waals surface area contributed by atoms with E-state index < -0.39 is 16.0 Å². The summed E-state index contributed by atoms with van der Waals surface area (Å²) < 4.78 is 38.5. The summed E-state index contributed by atoms with van der Waals surface area (Å²) in [6.45, 7) is 3.53. The molecule has 0 radical (unpaired) electrons. The molecule has 0 saturated carbocycles. The predicted octanol–water partition coefficient (Wildman–Crippen LogP) is 3.06. The molecular weight excluding hydrogens is 420 g/mol. The number of rotatable bonds is 4. The molecule has 0 spiro atoms. The summed E-state index contributed by atoms with van der Waals surface area (Å²) in [5.41, 5.74) is 0.540. The number of benzene rings is 2. The fraction of sp³-hybridized carbons (Fsp3) is 0.263. The van der Waals surface area contributed by atoms with Crippen LogP contribution >= 0.6 is 11.6 Å². The predicted molar refractivity (Wildman–Crippen MR) is 108 cm³/mol. The van der Waals surface area contributed by atoms with E-state index in [1.165, 1.54) is 55.3 Å². The lowest BCUT2D eigenvalue weighted by molar-refractivity contribution is -0.117. The summed E-state index contributed by atoms with van der Waals surface area (Å²) in [4.78, 5) is 25.1. The third-order valence-corrected chi connectivity index (χ3v) is 6.00. The smallest absolute Gasteiger partial charge is 0.337 e. The zero-order chi connectivity index (χ0) is 21.3. The highest BCUT2D eigenvalue weighted by Gasteiger charge is 2.28. The number of fused-ring (bicyclic) bond motifs is 1. The second kappa shape index (κ2) is 7.92. The largest absolute Gasteiger partial charge is 0.487 e. The SMILES string of the molecule is COC(=O)c1ccc(Cl)c(NS(=O)(=O)c2ccc3c(c2)N(C(C)=O)CC(C)O3)c1. The summed E-state index contributed by atoms with van der Waals surface area (Å²) in [6.07, 6.45) is -0.216. The van der Waals surface area contributed by atoms with Crippen molar-refractivity contribution in [1.29, 1.82) is 0 Å². The van der Waals surface area contributed by atoms with Crippen LogP contribution in [0.1, 0.15) is 24.2 Å². The molecule has 0 aliphatic carbocycles. The number of hydrogen-bond acceptors (Lipinski definition) is 6. The molecule has 0 bridgehead atoms. The van der Waals surface area contributed by atoms with Crippen molar-refractivity contribution in [1.82, 2.24) is 0 Å². The fourth-order valence-electron chi connectivity index (χ4n) is 2.93. The van der Waals surface area contributed by atoms with E-state index in [-0.39, 0.29) is 33.2 Å². The summed E-state index contributed by atoms with van der Waals surface area (Å²) in [5.74, 6) is -0.430. The molecule has 2 aromatic carbocycles. The molecule has 0 saturated heterocycles. The van der Waals surface area contributed by atoms with Crippen LogP contribution in [0, 0.1) is 0 Å². The van der Waals surface area contributed by atoms with Gasteiger partial charge in [0.15, 0.2) is 0 Å². The van der Waals surface area contributed by atoms with Crippen molar-refractivity contribution in [3.8, 4) is 5.75 Å². The van der Waals surface area contributed by atoms with Crippen molar-refractivity contribution in [2.24, 2.45) is 0 Å². The molecule has 1 unspecified atom stereocenters. The van der Waals surface area contributed by atoms with Gasteiger partial charge in [-0.05, 0) is 43.3 Å². The summed E-state index contributed by atoms with van der Waals surface area (Å²) in [5, 5.41) is 0.113. The second-order valence-electron chi connectivity index (χ2n) is 6.48. The Morgan fingerprint density at radius 3 is 2.62 bits per heavy atom. The summed E-state index contributed by atoms with van der Waals surface area (Å²) >= 11 is 6.08. The lowest BCUT2D eigenvalue weighted by Crippen LogP contribution is -2.41. The zero-order valence-electron chi connectivity index (χ0n) is 15.9. The van der Waals surface area contributed by atoms with Crippen molar-refractivity contribution in [2.75, 3.05) is 23.3 Å². The van der Waals surface area contributed by atoms with E-state index in [9.17, 15) is 18.0 Å². The average molecular weight is 439 g/mol. The van der Waals surface area contributed by atoms with Crippen LogP contribution in [0.2, 0.25) is 5.02 Å². The van der Waals surface area contributed by atoms with Gasteiger partial charge in [-0.25, -0.2) is 13.2 Å². The van der Waals surface area contributed by atoms with Crippen molar-refractivity contribution in [3.63, 3.8) is 0 Å². The Morgan fingerprint density at radius 1 is 1.24 bits per heavy atom. The number of sulfonamides is 1. The topological polar surface area (TPSA) is 102 Å². The van der Waals surface area contributed by atoms with Crippen LogP contribution in [-0.2, 0) is 19.6 Å². The Kier molecular flexibility index (Phi) is 5.72. The van der Waals surface area contributed by atoms with Crippen molar-refractivity contribution >= 4 is 44.9 Å². The van der Waals surface area contributed by atoms with Gasteiger partial charge in [0.1, 0.15) is 11.9 Å². The van der Waals surface area contributed by atoms with Gasteiger partial charge < -0.3 is 14.4 Å². The molecule has 2 aromatic rings. The summed E-state index contributed by atoms with van der Waals surface area (Å²) in [6, 6.07) is 8.34. The standard InChI is InChI=1S/C19H19ClN2O6S/c1-11-10-22(12(2)23)17-9-14(5-7-18(17)28-11)29(25,26)21-16-8-13(19(24)27-3)4-6-15(16)20/h4-9,11,21H,10H2,1-3H3. The van der Waals surface area contributed by atoms with Crippen molar-refractivity contribution in [2.45, 2.75) is 24.8 Å². The molecule has 1 N–H and O–H groups in total. The van der Waals surface area contributed by atoms with Crippen LogP contribution in [0.15, 0.2) is 41.3 Å². The number of carbonyl (C=O) groups excluding carboxylic acids is 2. The lowest BCUT2D eigenvalue weighted by atomic mass is 10.2. The van der Waals surface area contributed by atoms with Gasteiger partial charge in [-0.2, -0.15) is 0 Å². The normalized spacial score (nSPS) is 15.9. The highest BCUT2D eigenvalue weighted by molar-refractivity contribution is 7.92. The van der Waals surface area contributed by atoms with Crippen molar-refractivity contribution in [3.05, 3.63) is 47.0 Å². The number of halogens is 1. The third-order valence-electron chi connectivity index (χ3n) is 4.31. The number of amides is 1. The Morgan fingerprint density at radius 2 is 1.97 bits per heavy atom. The van der Waals surface area contributed by atoms with Crippen LogP contribution in [0.25, 0.3) is 0 Å². The maximum absolute atomic E-state index is 12.9. The van der Waals surface area contributed by atoms with Crippen LogP contribution in [0.3, 0.4) is 0 Å². The van der Waals surface area contributed by atoms with Crippen LogP contribution in [-0.4, -0.2) is 40.1 Å². The second-order valence-corrected chi connectivity index (χ2v) is 8.57. The van der Waals surface area contributed by atoms with Gasteiger partial charge in [0.05, 0.1) is 40.5 Å². The molecule has 10 heteroatoms. The first-order chi connectivity index (χ1) is 13.6. The number of hydrogen-bond donors (Lipinski definition) is 1.